The summed E-state index contributed by atoms with van der Waals surface area (Å²) >= 11 is 0. The quantitative estimate of drug-likeness (QED) is 0.274. The van der Waals surface area contributed by atoms with Crippen LogP contribution < -0.4 is 21.7 Å². The highest BCUT2D eigenvalue weighted by atomic mass is 16.4. The number of H-pyrrole nitrogens is 1. The average molecular weight is 382 g/mol. The maximum absolute atomic E-state index is 12.2. The van der Waals surface area contributed by atoms with Gasteiger partial charge in [-0.25, -0.2) is 4.98 Å². The van der Waals surface area contributed by atoms with E-state index in [4.69, 9.17) is 10.8 Å². The normalized spacial score (nSPS) is 14.1. The Hall–Kier alpha value is -2.95. The number of carboxylic acid groups (broad SMARTS) is 1. The fraction of sp³-hybridized carbons (Fsp3) is 0.562. The Labute approximate surface area is 156 Å². The highest BCUT2D eigenvalue weighted by Crippen LogP contribution is 2.02. The lowest BCUT2D eigenvalue weighted by molar-refractivity contribution is -0.142. The van der Waals surface area contributed by atoms with Gasteiger partial charge in [0.15, 0.2) is 0 Å². The molecule has 0 bridgehead atoms. The zero-order chi connectivity index (χ0) is 20.6. The number of carbonyl (C=O) groups is 4. The molecule has 0 aliphatic heterocycles. The molecule has 11 nitrogen and oxygen atoms in total. The van der Waals surface area contributed by atoms with E-state index in [1.54, 1.807) is 20.0 Å². The monoisotopic (exact) mass is 382 g/mol. The number of carbonyl (C=O) groups excluding carboxylic acids is 3. The van der Waals surface area contributed by atoms with Crippen LogP contribution in [0.1, 0.15) is 26.5 Å². The minimum Gasteiger partial charge on any atom is -0.480 e. The number of aromatic amines is 1. The second kappa shape index (κ2) is 10.3. The van der Waals surface area contributed by atoms with Gasteiger partial charge in [0.2, 0.25) is 17.7 Å². The summed E-state index contributed by atoms with van der Waals surface area (Å²) in [6, 6.07) is -2.88. The van der Waals surface area contributed by atoms with E-state index >= 15 is 0 Å². The fourth-order valence-electron chi connectivity index (χ4n) is 2.15. The zero-order valence-electron chi connectivity index (χ0n) is 15.5. The molecule has 3 amide bonds. The Morgan fingerprint density at radius 3 is 2.37 bits per heavy atom. The predicted octanol–water partition coefficient (Wildman–Crippen LogP) is -1.87. The van der Waals surface area contributed by atoms with Crippen molar-refractivity contribution in [3.63, 3.8) is 0 Å². The molecule has 1 heterocycles. The summed E-state index contributed by atoms with van der Waals surface area (Å²) in [7, 11) is 0. The molecular formula is C16H26N6O5. The summed E-state index contributed by atoms with van der Waals surface area (Å²) in [5.74, 6) is -3.20. The molecule has 0 saturated heterocycles. The van der Waals surface area contributed by atoms with Gasteiger partial charge in [-0.05, 0) is 12.8 Å². The molecule has 7 N–H and O–H groups in total. The van der Waals surface area contributed by atoms with Gasteiger partial charge in [-0.1, -0.05) is 13.8 Å². The molecule has 0 aromatic carbocycles. The number of nitrogens with two attached hydrogens (primary N) is 1. The van der Waals surface area contributed by atoms with Gasteiger partial charge >= 0.3 is 5.97 Å². The van der Waals surface area contributed by atoms with Gasteiger partial charge in [0.05, 0.1) is 18.9 Å². The van der Waals surface area contributed by atoms with Crippen LogP contribution in [0.5, 0.6) is 0 Å². The molecule has 0 aliphatic carbocycles. The maximum Gasteiger partial charge on any atom is 0.325 e. The third kappa shape index (κ3) is 7.44. The number of aromatic nitrogens is 2. The molecule has 1 aromatic rings. The summed E-state index contributed by atoms with van der Waals surface area (Å²) in [4.78, 5) is 53.6. The highest BCUT2D eigenvalue weighted by Gasteiger charge is 2.27. The van der Waals surface area contributed by atoms with Crippen molar-refractivity contribution in [3.8, 4) is 0 Å². The van der Waals surface area contributed by atoms with Crippen LogP contribution in [0.15, 0.2) is 12.5 Å². The topological polar surface area (TPSA) is 179 Å². The minimum atomic E-state index is -1.18. The lowest BCUT2D eigenvalue weighted by Crippen LogP contribution is -2.55. The first-order chi connectivity index (χ1) is 12.6. The van der Waals surface area contributed by atoms with E-state index in [2.05, 4.69) is 25.9 Å². The first kappa shape index (κ1) is 22.1. The van der Waals surface area contributed by atoms with Crippen LogP contribution in [0.3, 0.4) is 0 Å². The lowest BCUT2D eigenvalue weighted by atomic mass is 10.0. The SMILES string of the molecule is CC(NC(=O)C(NC(=O)CNC(=O)C(N)Cc1cnc[nH]1)C(C)C)C(=O)O. The van der Waals surface area contributed by atoms with Gasteiger partial charge in [-0.15, -0.1) is 0 Å². The molecule has 1 aromatic heterocycles. The van der Waals surface area contributed by atoms with Crippen LogP contribution in [0.25, 0.3) is 0 Å². The van der Waals surface area contributed by atoms with Gasteiger partial charge in [0, 0.05) is 18.3 Å². The second-order valence-corrected chi connectivity index (χ2v) is 6.46. The third-order valence-electron chi connectivity index (χ3n) is 3.75. The van der Waals surface area contributed by atoms with Crippen molar-refractivity contribution in [2.75, 3.05) is 6.54 Å². The minimum absolute atomic E-state index is 0.234. The molecule has 1 rings (SSSR count). The molecule has 11 heteroatoms. The standard InChI is InChI=1S/C16H26N6O5/c1-8(2)13(15(25)21-9(3)16(26)27)22-12(23)6-19-14(24)11(17)4-10-5-18-7-20-10/h5,7-9,11,13H,4,6,17H2,1-3H3,(H,18,20)(H,19,24)(H,21,25)(H,22,23)(H,26,27). The molecule has 150 valence electrons. The van der Waals surface area contributed by atoms with Crippen LogP contribution in [0.2, 0.25) is 0 Å². The number of amides is 3. The van der Waals surface area contributed by atoms with Crippen molar-refractivity contribution < 1.29 is 24.3 Å². The van der Waals surface area contributed by atoms with E-state index in [0.29, 0.717) is 5.69 Å². The van der Waals surface area contributed by atoms with E-state index in [9.17, 15) is 19.2 Å². The highest BCUT2D eigenvalue weighted by molar-refractivity contribution is 5.92. The molecular weight excluding hydrogens is 356 g/mol. The largest absolute Gasteiger partial charge is 0.480 e. The second-order valence-electron chi connectivity index (χ2n) is 6.46. The van der Waals surface area contributed by atoms with E-state index in [-0.39, 0.29) is 18.9 Å². The Kier molecular flexibility index (Phi) is 8.39. The number of hydrogen-bond acceptors (Lipinski definition) is 6. The molecule has 0 radical (unpaired) electrons. The van der Waals surface area contributed by atoms with Crippen molar-refractivity contribution in [1.29, 1.82) is 0 Å². The van der Waals surface area contributed by atoms with Crippen molar-refractivity contribution in [3.05, 3.63) is 18.2 Å². The average Bonchev–Trinajstić information content (AvgIpc) is 3.09. The number of nitrogens with one attached hydrogen (secondary N) is 4. The molecule has 3 unspecified atom stereocenters. The number of aliphatic carboxylic acids is 1. The van der Waals surface area contributed by atoms with Gasteiger partial charge in [-0.3, -0.25) is 19.2 Å². The molecule has 0 fully saturated rings. The summed E-state index contributed by atoms with van der Waals surface area (Å²) in [6.07, 6.45) is 3.25. The van der Waals surface area contributed by atoms with Crippen LogP contribution in [0.4, 0.5) is 0 Å². The first-order valence-electron chi connectivity index (χ1n) is 8.44. The Morgan fingerprint density at radius 2 is 1.85 bits per heavy atom. The van der Waals surface area contributed by atoms with Gasteiger partial charge in [0.25, 0.3) is 0 Å². The summed E-state index contributed by atoms with van der Waals surface area (Å²) in [6.45, 7) is 4.37. The van der Waals surface area contributed by atoms with Gasteiger partial charge in [-0.2, -0.15) is 0 Å². The third-order valence-corrected chi connectivity index (χ3v) is 3.75. The Balaban J connectivity index is 2.50. The van der Waals surface area contributed by atoms with Crippen LogP contribution in [-0.2, 0) is 25.6 Å². The van der Waals surface area contributed by atoms with E-state index in [1.165, 1.54) is 13.3 Å². The van der Waals surface area contributed by atoms with Gasteiger partial charge in [0.1, 0.15) is 12.1 Å². The molecule has 27 heavy (non-hydrogen) atoms. The van der Waals surface area contributed by atoms with Crippen molar-refractivity contribution in [2.45, 2.75) is 45.3 Å². The molecule has 0 aliphatic rings. The van der Waals surface area contributed by atoms with Crippen LogP contribution >= 0.6 is 0 Å². The molecule has 0 spiro atoms. The van der Waals surface area contributed by atoms with Crippen LogP contribution in [0, 0.1) is 5.92 Å². The number of rotatable bonds is 10. The smallest absolute Gasteiger partial charge is 0.325 e. The molecule has 0 saturated carbocycles. The number of nitrogens with zero attached hydrogens (tertiary/aromatic N) is 1. The number of carboxylic acids is 1. The lowest BCUT2D eigenvalue weighted by Gasteiger charge is -2.23. The zero-order valence-corrected chi connectivity index (χ0v) is 15.5. The predicted molar refractivity (Wildman–Crippen MR) is 95.3 cm³/mol. The van der Waals surface area contributed by atoms with E-state index in [0.717, 1.165) is 0 Å². The van der Waals surface area contributed by atoms with Crippen molar-refractivity contribution >= 4 is 23.7 Å². The van der Waals surface area contributed by atoms with E-state index in [1.807, 2.05) is 0 Å². The summed E-state index contributed by atoms with van der Waals surface area (Å²) in [5.41, 5.74) is 6.45. The Bertz CT molecular complexity index is 660. The van der Waals surface area contributed by atoms with Gasteiger partial charge < -0.3 is 31.8 Å². The van der Waals surface area contributed by atoms with Crippen molar-refractivity contribution in [1.82, 2.24) is 25.9 Å². The van der Waals surface area contributed by atoms with Crippen LogP contribution in [-0.4, -0.2) is 63.4 Å². The van der Waals surface area contributed by atoms with Crippen molar-refractivity contribution in [2.24, 2.45) is 11.7 Å². The summed E-state index contributed by atoms with van der Waals surface area (Å²) < 4.78 is 0. The first-order valence-corrected chi connectivity index (χ1v) is 8.44. The maximum atomic E-state index is 12.2. The number of imidazole rings is 1. The fourth-order valence-corrected chi connectivity index (χ4v) is 2.15. The Morgan fingerprint density at radius 1 is 1.19 bits per heavy atom. The van der Waals surface area contributed by atoms with E-state index < -0.39 is 41.8 Å². The summed E-state index contributed by atoms with van der Waals surface area (Å²) in [5, 5.41) is 16.0. The number of hydrogen-bond donors (Lipinski definition) is 6. The molecule has 3 atom stereocenters.